The Hall–Kier alpha value is -2.96. The molecule has 188 valence electrons. The molecular weight excluding hydrogens is 436 g/mol. The lowest BCUT2D eigenvalue weighted by Crippen LogP contribution is -2.49. The predicted molar refractivity (Wildman–Crippen MR) is 142 cm³/mol. The van der Waals surface area contributed by atoms with Crippen molar-refractivity contribution in [1.82, 2.24) is 24.6 Å². The van der Waals surface area contributed by atoms with Gasteiger partial charge in [-0.2, -0.15) is 5.10 Å². The number of piperazine rings is 1. The second-order valence-electron chi connectivity index (χ2n) is 9.76. The van der Waals surface area contributed by atoms with Crippen molar-refractivity contribution in [2.24, 2.45) is 0 Å². The van der Waals surface area contributed by atoms with E-state index in [0.29, 0.717) is 12.3 Å². The van der Waals surface area contributed by atoms with Crippen molar-refractivity contribution >= 4 is 22.8 Å². The highest BCUT2D eigenvalue weighted by Gasteiger charge is 2.25. The van der Waals surface area contributed by atoms with Crippen LogP contribution >= 0.6 is 0 Å². The summed E-state index contributed by atoms with van der Waals surface area (Å²) >= 11 is 0. The highest BCUT2D eigenvalue weighted by molar-refractivity contribution is 5.88. The summed E-state index contributed by atoms with van der Waals surface area (Å²) in [6, 6.07) is 10.2. The maximum absolute atomic E-state index is 12.7. The fraction of sp³-hybridized carbons (Fsp3) is 0.571. The van der Waals surface area contributed by atoms with Crippen molar-refractivity contribution < 1.29 is 4.79 Å². The third-order valence-electron chi connectivity index (χ3n) is 7.01. The van der Waals surface area contributed by atoms with Gasteiger partial charge in [0.05, 0.1) is 17.3 Å². The molecule has 7 nitrogen and oxygen atoms in total. The van der Waals surface area contributed by atoms with Gasteiger partial charge in [-0.25, -0.2) is 14.6 Å². The number of anilines is 1. The third kappa shape index (κ3) is 6.00. The van der Waals surface area contributed by atoms with Gasteiger partial charge in [0.25, 0.3) is 0 Å². The summed E-state index contributed by atoms with van der Waals surface area (Å²) in [6.07, 6.45) is 10.6. The molecule has 7 heteroatoms. The van der Waals surface area contributed by atoms with Crippen LogP contribution in [0.3, 0.4) is 0 Å². The molecule has 0 spiro atoms. The highest BCUT2D eigenvalue weighted by Crippen LogP contribution is 2.29. The Labute approximate surface area is 209 Å². The van der Waals surface area contributed by atoms with Gasteiger partial charge in [0.15, 0.2) is 5.65 Å². The molecule has 0 aliphatic carbocycles. The molecular formula is C28H40N6O. The Balaban J connectivity index is 1.53. The van der Waals surface area contributed by atoms with Crippen LogP contribution in [0, 0.1) is 0 Å². The lowest BCUT2D eigenvalue weighted by atomic mass is 10.1. The first kappa shape index (κ1) is 25.1. The molecule has 3 heterocycles. The van der Waals surface area contributed by atoms with Crippen molar-refractivity contribution in [2.75, 3.05) is 31.1 Å². The topological polar surface area (TPSA) is 67.2 Å². The lowest BCUT2D eigenvalue weighted by Gasteiger charge is -2.36. The Kier molecular flexibility index (Phi) is 8.72. The standard InChI is InChI=1S/C28H40N6O/c1-4-6-7-8-12-16-25(35)32-17-19-33(20-18-32)27-24-21-29-34(23-14-10-9-11-15-23)28(24)31-26(30-27)22(3)13-5-2/h9-11,14-15,21-22H,4-8,12-13,16-20H2,1-3H3. The third-order valence-corrected chi connectivity index (χ3v) is 7.01. The van der Waals surface area contributed by atoms with Crippen molar-refractivity contribution in [3.8, 4) is 5.69 Å². The van der Waals surface area contributed by atoms with Crippen molar-refractivity contribution in [2.45, 2.75) is 78.1 Å². The summed E-state index contributed by atoms with van der Waals surface area (Å²) in [4.78, 5) is 27.1. The SMILES string of the molecule is CCCCCCCC(=O)N1CCN(c2nc(C(C)CCC)nc3c2cnn3-c2ccccc2)CC1. The number of hydrogen-bond acceptors (Lipinski definition) is 5. The van der Waals surface area contributed by atoms with Crippen LogP contribution in [0.4, 0.5) is 5.82 Å². The molecule has 2 aromatic heterocycles. The largest absolute Gasteiger partial charge is 0.352 e. The lowest BCUT2D eigenvalue weighted by molar-refractivity contribution is -0.131. The number of nitrogens with zero attached hydrogens (tertiary/aromatic N) is 6. The quantitative estimate of drug-likeness (QED) is 0.331. The first-order valence-corrected chi connectivity index (χ1v) is 13.5. The average Bonchev–Trinajstić information content (AvgIpc) is 3.33. The zero-order valence-electron chi connectivity index (χ0n) is 21.6. The van der Waals surface area contributed by atoms with Crippen LogP contribution in [0.5, 0.6) is 0 Å². The van der Waals surface area contributed by atoms with E-state index < -0.39 is 0 Å². The number of carbonyl (C=O) groups excluding carboxylic acids is 1. The molecule has 3 aromatic rings. The summed E-state index contributed by atoms with van der Waals surface area (Å²) < 4.78 is 1.92. The van der Waals surface area contributed by atoms with Crippen LogP contribution in [0.1, 0.15) is 83.9 Å². The zero-order valence-corrected chi connectivity index (χ0v) is 21.6. The van der Waals surface area contributed by atoms with Crippen LogP contribution < -0.4 is 4.90 Å². The number of unbranched alkanes of at least 4 members (excludes halogenated alkanes) is 4. The van der Waals surface area contributed by atoms with Crippen LogP contribution in [0.2, 0.25) is 0 Å². The van der Waals surface area contributed by atoms with Crippen molar-refractivity contribution in [3.63, 3.8) is 0 Å². The van der Waals surface area contributed by atoms with E-state index in [1.54, 1.807) is 0 Å². The van der Waals surface area contributed by atoms with Gasteiger partial charge in [-0.1, -0.05) is 71.1 Å². The van der Waals surface area contributed by atoms with E-state index in [2.05, 4.69) is 42.9 Å². The number of fused-ring (bicyclic) bond motifs is 1. The second-order valence-corrected chi connectivity index (χ2v) is 9.76. The van der Waals surface area contributed by atoms with E-state index in [1.165, 1.54) is 19.3 Å². The summed E-state index contributed by atoms with van der Waals surface area (Å²) in [5, 5.41) is 5.66. The first-order valence-electron chi connectivity index (χ1n) is 13.5. The minimum Gasteiger partial charge on any atom is -0.352 e. The molecule has 1 saturated heterocycles. The molecule has 1 aliphatic rings. The van der Waals surface area contributed by atoms with Crippen LogP contribution in [0.25, 0.3) is 16.7 Å². The van der Waals surface area contributed by atoms with E-state index in [9.17, 15) is 4.79 Å². The van der Waals surface area contributed by atoms with Gasteiger partial charge < -0.3 is 9.80 Å². The maximum Gasteiger partial charge on any atom is 0.222 e. The number of rotatable bonds is 11. The molecule has 1 unspecified atom stereocenters. The minimum absolute atomic E-state index is 0.276. The normalized spacial score (nSPS) is 15.1. The average molecular weight is 477 g/mol. The van der Waals surface area contributed by atoms with Crippen molar-refractivity contribution in [3.05, 3.63) is 42.4 Å². The molecule has 0 saturated carbocycles. The van der Waals surface area contributed by atoms with Gasteiger partial charge in [-0.3, -0.25) is 4.79 Å². The molecule has 1 aliphatic heterocycles. The highest BCUT2D eigenvalue weighted by atomic mass is 16.2. The molecule has 1 aromatic carbocycles. The second kappa shape index (κ2) is 12.1. The van der Waals surface area contributed by atoms with Gasteiger partial charge >= 0.3 is 0 Å². The summed E-state index contributed by atoms with van der Waals surface area (Å²) in [6.45, 7) is 9.67. The Morgan fingerprint density at radius 3 is 2.40 bits per heavy atom. The minimum atomic E-state index is 0.276. The number of hydrogen-bond donors (Lipinski definition) is 0. The molecule has 1 atom stereocenters. The predicted octanol–water partition coefficient (Wildman–Crippen LogP) is 5.73. The monoisotopic (exact) mass is 476 g/mol. The summed E-state index contributed by atoms with van der Waals surface area (Å²) in [5.41, 5.74) is 1.85. The molecule has 35 heavy (non-hydrogen) atoms. The molecule has 4 rings (SSSR count). The molecule has 1 amide bonds. The molecule has 0 radical (unpaired) electrons. The number of aromatic nitrogens is 4. The smallest absolute Gasteiger partial charge is 0.222 e. The Morgan fingerprint density at radius 1 is 0.943 bits per heavy atom. The van der Waals surface area contributed by atoms with Crippen LogP contribution in [0.15, 0.2) is 36.5 Å². The van der Waals surface area contributed by atoms with Gasteiger partial charge in [-0.05, 0) is 25.0 Å². The van der Waals surface area contributed by atoms with Gasteiger partial charge in [-0.15, -0.1) is 0 Å². The first-order chi connectivity index (χ1) is 17.1. The summed E-state index contributed by atoms with van der Waals surface area (Å²) in [5.74, 6) is 2.39. The zero-order chi connectivity index (χ0) is 24.6. The Bertz CT molecular complexity index is 1090. The van der Waals surface area contributed by atoms with Crippen LogP contribution in [-0.2, 0) is 4.79 Å². The van der Waals surface area contributed by atoms with Gasteiger partial charge in [0.1, 0.15) is 11.6 Å². The number of para-hydroxylation sites is 1. The molecule has 1 fully saturated rings. The van der Waals surface area contributed by atoms with E-state index in [0.717, 1.165) is 80.2 Å². The van der Waals surface area contributed by atoms with E-state index in [-0.39, 0.29) is 5.92 Å². The maximum atomic E-state index is 12.7. The van der Waals surface area contributed by atoms with E-state index in [4.69, 9.17) is 9.97 Å². The molecule has 0 N–H and O–H groups in total. The molecule has 0 bridgehead atoms. The fourth-order valence-electron chi connectivity index (χ4n) is 4.90. The van der Waals surface area contributed by atoms with E-state index in [1.807, 2.05) is 34.0 Å². The van der Waals surface area contributed by atoms with Crippen molar-refractivity contribution in [1.29, 1.82) is 0 Å². The van der Waals surface area contributed by atoms with Gasteiger partial charge in [0.2, 0.25) is 5.91 Å². The number of benzene rings is 1. The van der Waals surface area contributed by atoms with Gasteiger partial charge in [0, 0.05) is 38.5 Å². The number of carbonyl (C=O) groups is 1. The Morgan fingerprint density at radius 2 is 1.69 bits per heavy atom. The van der Waals surface area contributed by atoms with Crippen LogP contribution in [-0.4, -0.2) is 56.7 Å². The number of amides is 1. The van der Waals surface area contributed by atoms with E-state index >= 15 is 0 Å². The fourth-order valence-corrected chi connectivity index (χ4v) is 4.90. The summed E-state index contributed by atoms with van der Waals surface area (Å²) in [7, 11) is 0.